The first-order chi connectivity index (χ1) is 8.61. The number of hydrogen-bond donors (Lipinski definition) is 1. The van der Waals surface area contributed by atoms with Gasteiger partial charge in [0, 0.05) is 14.2 Å². The van der Waals surface area contributed by atoms with Crippen LogP contribution in [0.5, 0.6) is 0 Å². The highest BCUT2D eigenvalue weighted by molar-refractivity contribution is 14.1. The number of nitrogens with one attached hydrogen (secondary N) is 1. The molecule has 2 aromatic rings. The van der Waals surface area contributed by atoms with Gasteiger partial charge >= 0.3 is 0 Å². The average molecular weight is 394 g/mol. The molecule has 0 aliphatic heterocycles. The van der Waals surface area contributed by atoms with Gasteiger partial charge in [0.05, 0.1) is 5.69 Å². The summed E-state index contributed by atoms with van der Waals surface area (Å²) in [5.74, 6) is 0.734. The first-order valence-electron chi connectivity index (χ1n) is 5.33. The van der Waals surface area contributed by atoms with E-state index in [0.717, 1.165) is 27.1 Å². The summed E-state index contributed by atoms with van der Waals surface area (Å²) in [6.45, 7) is 2.02. The molecule has 3 nitrogen and oxygen atoms in total. The van der Waals surface area contributed by atoms with Crippen LogP contribution in [-0.2, 0) is 6.42 Å². The van der Waals surface area contributed by atoms with Crippen molar-refractivity contribution in [3.05, 3.63) is 43.8 Å². The lowest BCUT2D eigenvalue weighted by atomic mass is 10.2. The third-order valence-corrected chi connectivity index (χ3v) is 3.88. The predicted octanol–water partition coefficient (Wildman–Crippen LogP) is 4.69. The quantitative estimate of drug-likeness (QED) is 0.606. The first-order valence-corrected chi connectivity index (χ1v) is 7.16. The summed E-state index contributed by atoms with van der Waals surface area (Å²) in [7, 11) is 0. The summed E-state index contributed by atoms with van der Waals surface area (Å²) >= 11 is 14.2. The Balaban J connectivity index is 2.37. The molecule has 0 aliphatic carbocycles. The van der Waals surface area contributed by atoms with Gasteiger partial charge in [0.1, 0.15) is 17.3 Å². The van der Waals surface area contributed by atoms with Gasteiger partial charge in [0.15, 0.2) is 0 Å². The van der Waals surface area contributed by atoms with E-state index in [2.05, 4.69) is 37.9 Å². The number of benzene rings is 1. The molecule has 94 valence electrons. The highest BCUT2D eigenvalue weighted by Crippen LogP contribution is 2.28. The summed E-state index contributed by atoms with van der Waals surface area (Å²) < 4.78 is 1.02. The second kappa shape index (κ2) is 6.04. The van der Waals surface area contributed by atoms with Crippen molar-refractivity contribution in [3.8, 4) is 0 Å². The zero-order chi connectivity index (χ0) is 13.1. The molecule has 6 heteroatoms. The molecule has 0 saturated heterocycles. The lowest BCUT2D eigenvalue weighted by molar-refractivity contribution is 1.05. The maximum absolute atomic E-state index is 6.05. The minimum Gasteiger partial charge on any atom is -0.339 e. The Bertz CT molecular complexity index is 575. The number of halogens is 3. The summed E-state index contributed by atoms with van der Waals surface area (Å²) in [6, 6.07) is 5.64. The van der Waals surface area contributed by atoms with Crippen LogP contribution in [0.15, 0.2) is 24.5 Å². The van der Waals surface area contributed by atoms with Crippen molar-refractivity contribution >= 4 is 57.3 Å². The van der Waals surface area contributed by atoms with Gasteiger partial charge in [0.2, 0.25) is 0 Å². The Hall–Kier alpha value is -0.590. The molecule has 0 saturated carbocycles. The van der Waals surface area contributed by atoms with E-state index < -0.39 is 0 Å². The van der Waals surface area contributed by atoms with Gasteiger partial charge in [-0.1, -0.05) is 30.1 Å². The maximum Gasteiger partial charge on any atom is 0.138 e. The van der Waals surface area contributed by atoms with Crippen molar-refractivity contribution in [3.63, 3.8) is 0 Å². The summed E-state index contributed by atoms with van der Waals surface area (Å²) in [6.07, 6.45) is 2.22. The molecule has 0 aliphatic rings. The van der Waals surface area contributed by atoms with Gasteiger partial charge in [-0.3, -0.25) is 0 Å². The smallest absolute Gasteiger partial charge is 0.138 e. The van der Waals surface area contributed by atoms with E-state index in [1.165, 1.54) is 6.33 Å². The molecule has 0 amide bonds. The molecule has 1 heterocycles. The lowest BCUT2D eigenvalue weighted by Crippen LogP contribution is -2.01. The predicted molar refractivity (Wildman–Crippen MR) is 83.9 cm³/mol. The van der Waals surface area contributed by atoms with Crippen molar-refractivity contribution in [2.75, 3.05) is 5.32 Å². The molecule has 1 aromatic carbocycles. The second-order valence-electron chi connectivity index (χ2n) is 3.59. The monoisotopic (exact) mass is 393 g/mol. The molecule has 0 spiro atoms. The molecule has 2 rings (SSSR count). The average Bonchev–Trinajstić information content (AvgIpc) is 2.33. The van der Waals surface area contributed by atoms with Crippen LogP contribution < -0.4 is 5.32 Å². The molecule has 0 fully saturated rings. The van der Waals surface area contributed by atoms with E-state index >= 15 is 0 Å². The van der Waals surface area contributed by atoms with Crippen LogP contribution in [0.2, 0.25) is 10.2 Å². The topological polar surface area (TPSA) is 37.8 Å². The Kier molecular flexibility index (Phi) is 4.64. The lowest BCUT2D eigenvalue weighted by Gasteiger charge is -2.12. The van der Waals surface area contributed by atoms with Crippen LogP contribution in [0, 0.1) is 3.57 Å². The van der Waals surface area contributed by atoms with Crippen LogP contribution in [0.25, 0.3) is 0 Å². The molecule has 0 radical (unpaired) electrons. The van der Waals surface area contributed by atoms with Crippen molar-refractivity contribution in [2.24, 2.45) is 0 Å². The van der Waals surface area contributed by atoms with Gasteiger partial charge in [-0.05, 0) is 47.2 Å². The first kappa shape index (κ1) is 13.8. The van der Waals surface area contributed by atoms with Crippen LogP contribution in [0.3, 0.4) is 0 Å². The zero-order valence-electron chi connectivity index (χ0n) is 9.54. The summed E-state index contributed by atoms with van der Waals surface area (Å²) in [5, 5.41) is 4.45. The van der Waals surface area contributed by atoms with Gasteiger partial charge in [-0.25, -0.2) is 9.97 Å². The van der Waals surface area contributed by atoms with Crippen molar-refractivity contribution < 1.29 is 0 Å². The van der Waals surface area contributed by atoms with E-state index in [0.29, 0.717) is 10.2 Å². The van der Waals surface area contributed by atoms with Crippen LogP contribution in [0.4, 0.5) is 11.5 Å². The molecule has 0 bridgehead atoms. The summed E-state index contributed by atoms with van der Waals surface area (Å²) in [4.78, 5) is 8.21. The fourth-order valence-corrected chi connectivity index (χ4v) is 2.80. The molecular formula is C12H10Cl2IN3. The van der Waals surface area contributed by atoms with E-state index in [-0.39, 0.29) is 0 Å². The SMILES string of the molecule is CCc1c(Cl)ncnc1Nc1ccc(Cl)cc1I. The van der Waals surface area contributed by atoms with E-state index in [1.807, 2.05) is 25.1 Å². The molecule has 0 unspecified atom stereocenters. The number of rotatable bonds is 3. The third kappa shape index (κ3) is 3.05. The maximum atomic E-state index is 6.05. The number of nitrogens with zero attached hydrogens (tertiary/aromatic N) is 2. The van der Waals surface area contributed by atoms with Crippen molar-refractivity contribution in [1.82, 2.24) is 9.97 Å². The van der Waals surface area contributed by atoms with E-state index in [9.17, 15) is 0 Å². The highest BCUT2D eigenvalue weighted by atomic mass is 127. The Morgan fingerprint density at radius 2 is 2.06 bits per heavy atom. The normalized spacial score (nSPS) is 10.4. The largest absolute Gasteiger partial charge is 0.339 e. The van der Waals surface area contributed by atoms with Gasteiger partial charge < -0.3 is 5.32 Å². The number of hydrogen-bond acceptors (Lipinski definition) is 3. The molecular weight excluding hydrogens is 384 g/mol. The minimum atomic E-state index is 0.485. The third-order valence-electron chi connectivity index (χ3n) is 2.43. The Morgan fingerprint density at radius 3 is 2.72 bits per heavy atom. The second-order valence-corrected chi connectivity index (χ2v) is 5.55. The van der Waals surface area contributed by atoms with Gasteiger partial charge in [-0.2, -0.15) is 0 Å². The fourth-order valence-electron chi connectivity index (χ4n) is 1.53. The highest BCUT2D eigenvalue weighted by Gasteiger charge is 2.09. The van der Waals surface area contributed by atoms with Crippen LogP contribution >= 0.6 is 45.8 Å². The standard InChI is InChI=1S/C12H10Cl2IN3/c1-2-8-11(14)16-6-17-12(8)18-10-4-3-7(13)5-9(10)15/h3-6H,2H2,1H3,(H,16,17,18). The van der Waals surface area contributed by atoms with Crippen LogP contribution in [0.1, 0.15) is 12.5 Å². The van der Waals surface area contributed by atoms with Crippen molar-refractivity contribution in [2.45, 2.75) is 13.3 Å². The molecule has 0 atom stereocenters. The summed E-state index contributed by atoms with van der Waals surface area (Å²) in [5.41, 5.74) is 1.86. The van der Waals surface area contributed by atoms with Crippen LogP contribution in [-0.4, -0.2) is 9.97 Å². The van der Waals surface area contributed by atoms with Crippen molar-refractivity contribution in [1.29, 1.82) is 0 Å². The zero-order valence-corrected chi connectivity index (χ0v) is 13.2. The molecule has 18 heavy (non-hydrogen) atoms. The molecule has 1 N–H and O–H groups in total. The van der Waals surface area contributed by atoms with Gasteiger partial charge in [0.25, 0.3) is 0 Å². The number of anilines is 2. The Morgan fingerprint density at radius 1 is 1.28 bits per heavy atom. The number of aromatic nitrogens is 2. The van der Waals surface area contributed by atoms with E-state index in [1.54, 1.807) is 0 Å². The Labute approximate surface area is 129 Å². The minimum absolute atomic E-state index is 0.485. The molecule has 1 aromatic heterocycles. The fraction of sp³-hybridized carbons (Fsp3) is 0.167. The van der Waals surface area contributed by atoms with E-state index in [4.69, 9.17) is 23.2 Å². The van der Waals surface area contributed by atoms with Gasteiger partial charge in [-0.15, -0.1) is 0 Å².